The zero-order chi connectivity index (χ0) is 22.7. The number of benzene rings is 1. The molecule has 0 N–H and O–H groups in total. The van der Waals surface area contributed by atoms with Crippen molar-refractivity contribution < 1.29 is 13.9 Å². The minimum atomic E-state index is -0.670. The highest BCUT2D eigenvalue weighted by molar-refractivity contribution is 5.83. The molecule has 0 amide bonds. The molecule has 3 aliphatic carbocycles. The van der Waals surface area contributed by atoms with E-state index in [0.717, 1.165) is 32.1 Å². The molecular weight excluding hydrogens is 401 g/mol. The maximum absolute atomic E-state index is 14.6. The van der Waals surface area contributed by atoms with E-state index < -0.39 is 6.17 Å². The molecule has 3 fully saturated rings. The minimum absolute atomic E-state index is 0.0233. The van der Waals surface area contributed by atoms with E-state index in [4.69, 9.17) is 10.00 Å². The molecule has 0 aliphatic heterocycles. The minimum Gasteiger partial charge on any atom is -0.486 e. The molecule has 1 aromatic rings. The van der Waals surface area contributed by atoms with Crippen molar-refractivity contribution in [3.63, 3.8) is 0 Å². The van der Waals surface area contributed by atoms with Gasteiger partial charge >= 0.3 is 0 Å². The summed E-state index contributed by atoms with van der Waals surface area (Å²) in [6.45, 7) is 4.63. The lowest BCUT2D eigenvalue weighted by Gasteiger charge is -2.49. The summed E-state index contributed by atoms with van der Waals surface area (Å²) in [5.41, 5.74) is 0.609. The van der Waals surface area contributed by atoms with Gasteiger partial charge in [-0.05, 0) is 98.3 Å². The number of ether oxygens (including phenoxy) is 1. The first kappa shape index (κ1) is 23.3. The topological polar surface area (TPSA) is 50.1 Å². The SMILES string of the molecule is C[C@H]1CCCC2CC[C@@]3(C)C(CC[C@@H]3C(=O)COc3ccc(C#N)cc3)[C@@H]2CC[C@@H](F)C1. The van der Waals surface area contributed by atoms with Gasteiger partial charge < -0.3 is 4.74 Å². The van der Waals surface area contributed by atoms with Gasteiger partial charge in [-0.1, -0.05) is 33.1 Å². The summed E-state index contributed by atoms with van der Waals surface area (Å²) in [7, 11) is 0. The first-order valence-electron chi connectivity index (χ1n) is 12.7. The van der Waals surface area contributed by atoms with E-state index in [1.165, 1.54) is 19.3 Å². The highest BCUT2D eigenvalue weighted by Gasteiger charge is 2.55. The molecule has 3 aliphatic rings. The molecule has 4 rings (SSSR count). The van der Waals surface area contributed by atoms with Crippen LogP contribution in [0.15, 0.2) is 24.3 Å². The van der Waals surface area contributed by atoms with E-state index >= 15 is 0 Å². The maximum Gasteiger partial charge on any atom is 0.173 e. The lowest BCUT2D eigenvalue weighted by atomic mass is 9.55. The molecule has 0 bridgehead atoms. The van der Waals surface area contributed by atoms with Crippen LogP contribution in [0.2, 0.25) is 0 Å². The number of hydrogen-bond donors (Lipinski definition) is 0. The highest BCUT2D eigenvalue weighted by atomic mass is 19.1. The number of carbonyl (C=O) groups is 1. The average Bonchev–Trinajstić information content (AvgIpc) is 3.14. The van der Waals surface area contributed by atoms with Gasteiger partial charge in [0.2, 0.25) is 0 Å². The summed E-state index contributed by atoms with van der Waals surface area (Å²) in [6.07, 6.45) is 9.71. The molecule has 4 heteroatoms. The van der Waals surface area contributed by atoms with Crippen LogP contribution in [0, 0.1) is 46.3 Å². The number of nitriles is 1. The number of ketones is 1. The number of fused-ring (bicyclic) bond motifs is 3. The smallest absolute Gasteiger partial charge is 0.173 e. The Morgan fingerprint density at radius 3 is 2.66 bits per heavy atom. The van der Waals surface area contributed by atoms with Crippen LogP contribution in [-0.4, -0.2) is 18.6 Å². The largest absolute Gasteiger partial charge is 0.486 e. The van der Waals surface area contributed by atoms with Crippen molar-refractivity contribution in [2.75, 3.05) is 6.61 Å². The number of Topliss-reactive ketones (excluding diaryl/α,β-unsaturated/α-hetero) is 1. The molecule has 3 saturated carbocycles. The number of carbonyl (C=O) groups excluding carboxylic acids is 1. The molecule has 0 saturated heterocycles. The zero-order valence-corrected chi connectivity index (χ0v) is 19.7. The predicted molar refractivity (Wildman–Crippen MR) is 124 cm³/mol. The number of alkyl halides is 1. The Labute approximate surface area is 192 Å². The Balaban J connectivity index is 1.42. The van der Waals surface area contributed by atoms with Crippen LogP contribution < -0.4 is 4.74 Å². The van der Waals surface area contributed by atoms with Gasteiger partial charge in [-0.2, -0.15) is 5.26 Å². The van der Waals surface area contributed by atoms with Gasteiger partial charge in [0.15, 0.2) is 5.78 Å². The molecule has 0 radical (unpaired) electrons. The fourth-order valence-corrected chi connectivity index (χ4v) is 7.34. The standard InChI is InChI=1S/C28H38FNO2/c1-19-4-3-5-21-14-15-28(2)25(24(21)11-8-22(29)16-19)12-13-26(28)27(31)18-32-23-9-6-20(17-30)7-10-23/h6-7,9-10,19,21-22,24-26H,3-5,8,11-16,18H2,1-2H3/t19-,21?,22+,24+,25?,26+,28-/m0/s1. The summed E-state index contributed by atoms with van der Waals surface area (Å²) in [4.78, 5) is 13.2. The van der Waals surface area contributed by atoms with Crippen LogP contribution in [0.5, 0.6) is 5.75 Å². The second-order valence-corrected chi connectivity index (χ2v) is 11.0. The molecule has 32 heavy (non-hydrogen) atoms. The van der Waals surface area contributed by atoms with E-state index in [0.29, 0.717) is 47.8 Å². The number of rotatable bonds is 4. The Kier molecular flexibility index (Phi) is 7.23. The summed E-state index contributed by atoms with van der Waals surface area (Å²) < 4.78 is 20.4. The van der Waals surface area contributed by atoms with Crippen molar-refractivity contribution in [3.8, 4) is 11.8 Å². The Morgan fingerprint density at radius 2 is 1.91 bits per heavy atom. The van der Waals surface area contributed by atoms with Crippen molar-refractivity contribution in [1.29, 1.82) is 5.26 Å². The molecule has 0 aromatic heterocycles. The first-order valence-corrected chi connectivity index (χ1v) is 12.7. The van der Waals surface area contributed by atoms with E-state index in [-0.39, 0.29) is 23.7 Å². The van der Waals surface area contributed by atoms with Gasteiger partial charge in [-0.25, -0.2) is 4.39 Å². The van der Waals surface area contributed by atoms with Gasteiger partial charge in [-0.15, -0.1) is 0 Å². The Bertz CT molecular complexity index is 831. The number of hydrogen-bond acceptors (Lipinski definition) is 3. The Hall–Kier alpha value is -1.89. The molecule has 2 unspecified atom stereocenters. The molecule has 3 nitrogen and oxygen atoms in total. The quantitative estimate of drug-likeness (QED) is 0.513. The maximum atomic E-state index is 14.6. The van der Waals surface area contributed by atoms with Gasteiger partial charge in [-0.3, -0.25) is 4.79 Å². The van der Waals surface area contributed by atoms with Crippen LogP contribution in [0.4, 0.5) is 4.39 Å². The second-order valence-electron chi connectivity index (χ2n) is 11.0. The van der Waals surface area contributed by atoms with Crippen molar-refractivity contribution in [3.05, 3.63) is 29.8 Å². The third-order valence-electron chi connectivity index (χ3n) is 9.08. The van der Waals surface area contributed by atoms with Crippen molar-refractivity contribution >= 4 is 5.78 Å². The summed E-state index contributed by atoms with van der Waals surface area (Å²) in [6, 6.07) is 9.04. The van der Waals surface area contributed by atoms with E-state index in [9.17, 15) is 9.18 Å². The van der Waals surface area contributed by atoms with Crippen LogP contribution >= 0.6 is 0 Å². The highest BCUT2D eigenvalue weighted by Crippen LogP contribution is 2.61. The monoisotopic (exact) mass is 439 g/mol. The van der Waals surface area contributed by atoms with Crippen LogP contribution in [0.3, 0.4) is 0 Å². The number of halogens is 1. The molecule has 0 spiro atoms. The average molecular weight is 440 g/mol. The fraction of sp³-hybridized carbons (Fsp3) is 0.714. The van der Waals surface area contributed by atoms with Crippen LogP contribution in [0.1, 0.15) is 83.6 Å². The first-order chi connectivity index (χ1) is 15.4. The summed E-state index contributed by atoms with van der Waals surface area (Å²) >= 11 is 0. The van der Waals surface area contributed by atoms with Crippen molar-refractivity contribution in [2.24, 2.45) is 35.0 Å². The fourth-order valence-electron chi connectivity index (χ4n) is 7.34. The van der Waals surface area contributed by atoms with Gasteiger partial charge in [0.05, 0.1) is 11.6 Å². The van der Waals surface area contributed by atoms with Gasteiger partial charge in [0.25, 0.3) is 0 Å². The molecular formula is C28H38FNO2. The zero-order valence-electron chi connectivity index (χ0n) is 19.7. The van der Waals surface area contributed by atoms with E-state index in [2.05, 4.69) is 19.9 Å². The lowest BCUT2D eigenvalue weighted by Crippen LogP contribution is -2.44. The van der Waals surface area contributed by atoms with E-state index in [1.807, 2.05) is 0 Å². The van der Waals surface area contributed by atoms with Crippen molar-refractivity contribution in [2.45, 2.75) is 84.2 Å². The molecule has 1 aromatic carbocycles. The van der Waals surface area contributed by atoms with Crippen LogP contribution in [-0.2, 0) is 4.79 Å². The summed E-state index contributed by atoms with van der Waals surface area (Å²) in [5.74, 6) is 3.19. The third-order valence-corrected chi connectivity index (χ3v) is 9.08. The summed E-state index contributed by atoms with van der Waals surface area (Å²) in [5, 5.41) is 8.93. The second kappa shape index (κ2) is 9.94. The van der Waals surface area contributed by atoms with Gasteiger partial charge in [0.1, 0.15) is 18.5 Å². The molecule has 174 valence electrons. The van der Waals surface area contributed by atoms with E-state index in [1.54, 1.807) is 24.3 Å². The number of nitrogens with zero attached hydrogens (tertiary/aromatic N) is 1. The molecule has 7 atom stereocenters. The molecule has 0 heterocycles. The van der Waals surface area contributed by atoms with Crippen LogP contribution in [0.25, 0.3) is 0 Å². The van der Waals surface area contributed by atoms with Crippen molar-refractivity contribution in [1.82, 2.24) is 0 Å². The lowest BCUT2D eigenvalue weighted by molar-refractivity contribution is -0.130. The normalized spacial score (nSPS) is 37.6. The van der Waals surface area contributed by atoms with Gasteiger partial charge in [0, 0.05) is 5.92 Å². The predicted octanol–water partition coefficient (Wildman–Crippen LogP) is 6.89. The third kappa shape index (κ3) is 4.87. The Morgan fingerprint density at radius 1 is 1.12 bits per heavy atom.